The van der Waals surface area contributed by atoms with Crippen LogP contribution < -0.4 is 5.56 Å². The molecule has 0 amide bonds. The maximum atomic E-state index is 11.6. The van der Waals surface area contributed by atoms with Gasteiger partial charge in [-0.15, -0.1) is 0 Å². The van der Waals surface area contributed by atoms with Gasteiger partial charge in [0.1, 0.15) is 0 Å². The van der Waals surface area contributed by atoms with Gasteiger partial charge in [-0.05, 0) is 22.6 Å². The van der Waals surface area contributed by atoms with Gasteiger partial charge in [-0.25, -0.2) is 0 Å². The first-order valence-corrected chi connectivity index (χ1v) is 6.23. The topological polar surface area (TPSA) is 32.9 Å². The summed E-state index contributed by atoms with van der Waals surface area (Å²) >= 11 is 0. The molecule has 0 spiro atoms. The van der Waals surface area contributed by atoms with E-state index in [1.165, 1.54) is 11.1 Å². The molecule has 2 nitrogen and oxygen atoms in total. The van der Waals surface area contributed by atoms with Crippen LogP contribution in [-0.4, -0.2) is 4.98 Å². The third-order valence-corrected chi connectivity index (χ3v) is 3.11. The molecular formula is C16H19NO. The van der Waals surface area contributed by atoms with Gasteiger partial charge in [0.05, 0.1) is 0 Å². The Labute approximate surface area is 108 Å². The van der Waals surface area contributed by atoms with Crippen LogP contribution in [0.25, 0.3) is 0 Å². The summed E-state index contributed by atoms with van der Waals surface area (Å²) < 4.78 is 0. The third-order valence-electron chi connectivity index (χ3n) is 3.11. The molecular weight excluding hydrogens is 222 g/mol. The molecule has 1 N–H and O–H groups in total. The summed E-state index contributed by atoms with van der Waals surface area (Å²) in [5.41, 5.74) is 3.45. The Morgan fingerprint density at radius 2 is 1.72 bits per heavy atom. The molecule has 0 radical (unpaired) electrons. The number of hydrogen-bond acceptors (Lipinski definition) is 1. The zero-order valence-electron chi connectivity index (χ0n) is 11.2. The standard InChI is InChI=1S/C16H19NO/c1-16(2,3)14-8-6-12(7-9-14)11-13-5-4-10-17-15(13)18/h4-10H,11H2,1-3H3,(H,17,18). The van der Waals surface area contributed by atoms with Crippen LogP contribution in [0.4, 0.5) is 0 Å². The predicted molar refractivity (Wildman–Crippen MR) is 75.0 cm³/mol. The van der Waals surface area contributed by atoms with Crippen molar-refractivity contribution in [3.05, 3.63) is 69.6 Å². The summed E-state index contributed by atoms with van der Waals surface area (Å²) in [4.78, 5) is 14.3. The van der Waals surface area contributed by atoms with E-state index in [0.717, 1.165) is 5.56 Å². The summed E-state index contributed by atoms with van der Waals surface area (Å²) in [7, 11) is 0. The van der Waals surface area contributed by atoms with E-state index in [-0.39, 0.29) is 11.0 Å². The lowest BCUT2D eigenvalue weighted by Gasteiger charge is -2.19. The molecule has 2 heteroatoms. The second-order valence-electron chi connectivity index (χ2n) is 5.65. The van der Waals surface area contributed by atoms with E-state index in [1.807, 2.05) is 12.1 Å². The number of aromatic nitrogens is 1. The monoisotopic (exact) mass is 241 g/mol. The Hall–Kier alpha value is -1.83. The van der Waals surface area contributed by atoms with Crippen LogP contribution in [0, 0.1) is 0 Å². The minimum atomic E-state index is -0.00241. The van der Waals surface area contributed by atoms with Crippen molar-refractivity contribution >= 4 is 0 Å². The average Bonchev–Trinajstić information content (AvgIpc) is 2.32. The lowest BCUT2D eigenvalue weighted by Crippen LogP contribution is -2.12. The van der Waals surface area contributed by atoms with E-state index in [4.69, 9.17) is 0 Å². The van der Waals surface area contributed by atoms with E-state index in [2.05, 4.69) is 50.0 Å². The van der Waals surface area contributed by atoms with Crippen molar-refractivity contribution in [2.45, 2.75) is 32.6 Å². The summed E-state index contributed by atoms with van der Waals surface area (Å²) in [6, 6.07) is 12.2. The molecule has 0 saturated carbocycles. The Morgan fingerprint density at radius 1 is 1.06 bits per heavy atom. The van der Waals surface area contributed by atoms with Gasteiger partial charge in [0, 0.05) is 18.2 Å². The Bertz CT molecular complexity index is 573. The Kier molecular flexibility index (Phi) is 3.37. The summed E-state index contributed by atoms with van der Waals surface area (Å²) in [6.07, 6.45) is 2.34. The minimum absolute atomic E-state index is 0.00241. The Balaban J connectivity index is 2.22. The number of aromatic amines is 1. The molecule has 0 unspecified atom stereocenters. The van der Waals surface area contributed by atoms with Crippen molar-refractivity contribution in [2.24, 2.45) is 0 Å². The van der Waals surface area contributed by atoms with E-state index < -0.39 is 0 Å². The maximum absolute atomic E-state index is 11.6. The number of hydrogen-bond donors (Lipinski definition) is 1. The van der Waals surface area contributed by atoms with E-state index in [0.29, 0.717) is 6.42 Å². The van der Waals surface area contributed by atoms with Gasteiger partial charge < -0.3 is 4.98 Å². The van der Waals surface area contributed by atoms with Crippen molar-refractivity contribution in [1.82, 2.24) is 4.98 Å². The molecule has 1 aromatic heterocycles. The zero-order valence-corrected chi connectivity index (χ0v) is 11.2. The number of pyridine rings is 1. The lowest BCUT2D eigenvalue weighted by atomic mass is 9.86. The molecule has 18 heavy (non-hydrogen) atoms. The summed E-state index contributed by atoms with van der Waals surface area (Å²) in [6.45, 7) is 6.59. The van der Waals surface area contributed by atoms with Crippen LogP contribution in [0.3, 0.4) is 0 Å². The van der Waals surface area contributed by atoms with Crippen LogP contribution in [0.15, 0.2) is 47.4 Å². The fourth-order valence-corrected chi connectivity index (χ4v) is 1.94. The fraction of sp³-hybridized carbons (Fsp3) is 0.312. The summed E-state index contributed by atoms with van der Waals surface area (Å²) in [5.74, 6) is 0. The second kappa shape index (κ2) is 4.81. The van der Waals surface area contributed by atoms with Crippen LogP contribution >= 0.6 is 0 Å². The highest BCUT2D eigenvalue weighted by molar-refractivity contribution is 5.30. The van der Waals surface area contributed by atoms with E-state index in [9.17, 15) is 4.79 Å². The largest absolute Gasteiger partial charge is 0.329 e. The van der Waals surface area contributed by atoms with Crippen molar-refractivity contribution in [1.29, 1.82) is 0 Å². The molecule has 2 aromatic rings. The van der Waals surface area contributed by atoms with Gasteiger partial charge in [-0.3, -0.25) is 4.79 Å². The highest BCUT2D eigenvalue weighted by atomic mass is 16.1. The molecule has 0 aliphatic heterocycles. The summed E-state index contributed by atoms with van der Waals surface area (Å²) in [5, 5.41) is 0. The molecule has 0 aliphatic carbocycles. The van der Waals surface area contributed by atoms with Crippen LogP contribution in [0.2, 0.25) is 0 Å². The molecule has 0 saturated heterocycles. The first-order valence-electron chi connectivity index (χ1n) is 6.23. The van der Waals surface area contributed by atoms with Gasteiger partial charge in [0.25, 0.3) is 5.56 Å². The van der Waals surface area contributed by atoms with Crippen LogP contribution in [0.5, 0.6) is 0 Å². The maximum Gasteiger partial charge on any atom is 0.251 e. The number of rotatable bonds is 2. The van der Waals surface area contributed by atoms with Crippen molar-refractivity contribution in [3.63, 3.8) is 0 Å². The van der Waals surface area contributed by atoms with E-state index >= 15 is 0 Å². The van der Waals surface area contributed by atoms with E-state index in [1.54, 1.807) is 6.20 Å². The number of benzene rings is 1. The van der Waals surface area contributed by atoms with Crippen LogP contribution in [0.1, 0.15) is 37.5 Å². The fourth-order valence-electron chi connectivity index (χ4n) is 1.94. The van der Waals surface area contributed by atoms with Gasteiger partial charge in [-0.2, -0.15) is 0 Å². The highest BCUT2D eigenvalue weighted by Crippen LogP contribution is 2.22. The first-order chi connectivity index (χ1) is 8.47. The number of nitrogens with one attached hydrogen (secondary N) is 1. The normalized spacial score (nSPS) is 11.5. The van der Waals surface area contributed by atoms with Crippen LogP contribution in [-0.2, 0) is 11.8 Å². The van der Waals surface area contributed by atoms with Gasteiger partial charge >= 0.3 is 0 Å². The van der Waals surface area contributed by atoms with Crippen molar-refractivity contribution < 1.29 is 0 Å². The highest BCUT2D eigenvalue weighted by Gasteiger charge is 2.12. The Morgan fingerprint density at radius 3 is 2.28 bits per heavy atom. The van der Waals surface area contributed by atoms with Gasteiger partial charge in [-0.1, -0.05) is 51.1 Å². The zero-order chi connectivity index (χ0) is 13.2. The predicted octanol–water partition coefficient (Wildman–Crippen LogP) is 3.26. The second-order valence-corrected chi connectivity index (χ2v) is 5.65. The third kappa shape index (κ3) is 2.89. The first kappa shape index (κ1) is 12.6. The smallest absolute Gasteiger partial charge is 0.251 e. The molecule has 0 atom stereocenters. The van der Waals surface area contributed by atoms with Gasteiger partial charge in [0.15, 0.2) is 0 Å². The molecule has 0 bridgehead atoms. The molecule has 1 heterocycles. The SMILES string of the molecule is CC(C)(C)c1ccc(Cc2ccc[nH]c2=O)cc1. The number of H-pyrrole nitrogens is 1. The molecule has 94 valence electrons. The molecule has 0 fully saturated rings. The lowest BCUT2D eigenvalue weighted by molar-refractivity contribution is 0.590. The van der Waals surface area contributed by atoms with Crippen molar-refractivity contribution in [3.8, 4) is 0 Å². The molecule has 0 aliphatic rings. The average molecular weight is 241 g/mol. The molecule has 1 aromatic carbocycles. The van der Waals surface area contributed by atoms with Crippen molar-refractivity contribution in [2.75, 3.05) is 0 Å². The molecule has 2 rings (SSSR count). The van der Waals surface area contributed by atoms with Gasteiger partial charge in [0.2, 0.25) is 0 Å². The quantitative estimate of drug-likeness (QED) is 0.860. The minimum Gasteiger partial charge on any atom is -0.329 e.